The second-order valence-corrected chi connectivity index (χ2v) is 5.95. The highest BCUT2D eigenvalue weighted by molar-refractivity contribution is 7.10. The van der Waals surface area contributed by atoms with Crippen molar-refractivity contribution in [1.29, 1.82) is 0 Å². The highest BCUT2D eigenvalue weighted by atomic mass is 32.1. The number of nitrogens with one attached hydrogen (secondary N) is 1. The van der Waals surface area contributed by atoms with Gasteiger partial charge in [-0.25, -0.2) is 0 Å². The van der Waals surface area contributed by atoms with E-state index in [4.69, 9.17) is 0 Å². The smallest absolute Gasteiger partial charge is 0.0440 e. The molecule has 1 aromatic heterocycles. The highest BCUT2D eigenvalue weighted by Gasteiger charge is 2.27. The van der Waals surface area contributed by atoms with E-state index in [1.54, 1.807) is 0 Å². The molecular formula is C14H23NS. The number of hydrogen-bond acceptors (Lipinski definition) is 2. The maximum Gasteiger partial charge on any atom is 0.0440 e. The minimum atomic E-state index is 0.595. The Hall–Kier alpha value is -0.340. The summed E-state index contributed by atoms with van der Waals surface area (Å²) in [5.41, 5.74) is 0. The summed E-state index contributed by atoms with van der Waals surface area (Å²) in [6.45, 7) is 2.33. The van der Waals surface area contributed by atoms with Crippen LogP contribution in [-0.4, -0.2) is 7.05 Å². The average Bonchev–Trinajstić information content (AvgIpc) is 2.85. The monoisotopic (exact) mass is 237 g/mol. The first-order valence-corrected chi connectivity index (χ1v) is 7.43. The number of hydrogen-bond donors (Lipinski definition) is 1. The van der Waals surface area contributed by atoms with E-state index >= 15 is 0 Å². The molecule has 0 bridgehead atoms. The fourth-order valence-electron chi connectivity index (χ4n) is 3.01. The first kappa shape index (κ1) is 12.1. The lowest BCUT2D eigenvalue weighted by Crippen LogP contribution is -2.28. The van der Waals surface area contributed by atoms with Gasteiger partial charge in [0.15, 0.2) is 0 Å². The van der Waals surface area contributed by atoms with Gasteiger partial charge in [0, 0.05) is 10.9 Å². The maximum absolute atomic E-state index is 3.52. The largest absolute Gasteiger partial charge is 0.312 e. The first-order chi connectivity index (χ1) is 7.85. The van der Waals surface area contributed by atoms with Crippen LogP contribution in [0.1, 0.15) is 49.9 Å². The van der Waals surface area contributed by atoms with Crippen molar-refractivity contribution in [2.75, 3.05) is 7.05 Å². The average molecular weight is 237 g/mol. The van der Waals surface area contributed by atoms with Crippen molar-refractivity contribution < 1.29 is 0 Å². The fraction of sp³-hybridized carbons (Fsp3) is 0.714. The first-order valence-electron chi connectivity index (χ1n) is 6.55. The summed E-state index contributed by atoms with van der Waals surface area (Å²) in [6.07, 6.45) is 7.05. The molecule has 1 unspecified atom stereocenters. The van der Waals surface area contributed by atoms with Crippen molar-refractivity contribution in [2.24, 2.45) is 11.8 Å². The summed E-state index contributed by atoms with van der Waals surface area (Å²) >= 11 is 1.89. The Bertz CT molecular complexity index is 286. The molecule has 1 saturated carbocycles. The maximum atomic E-state index is 3.52. The Kier molecular flexibility index (Phi) is 4.42. The molecule has 16 heavy (non-hydrogen) atoms. The second-order valence-electron chi connectivity index (χ2n) is 4.97. The third-order valence-electron chi connectivity index (χ3n) is 4.10. The van der Waals surface area contributed by atoms with Gasteiger partial charge in [-0.1, -0.05) is 32.3 Å². The lowest BCUT2D eigenvalue weighted by Gasteiger charge is -2.33. The quantitative estimate of drug-likeness (QED) is 0.826. The van der Waals surface area contributed by atoms with E-state index in [1.165, 1.54) is 37.0 Å². The van der Waals surface area contributed by atoms with Crippen molar-refractivity contribution in [3.63, 3.8) is 0 Å². The molecule has 90 valence electrons. The summed E-state index contributed by atoms with van der Waals surface area (Å²) in [6, 6.07) is 5.04. The van der Waals surface area contributed by atoms with Crippen LogP contribution in [0.2, 0.25) is 0 Å². The molecule has 1 fully saturated rings. The van der Waals surface area contributed by atoms with Gasteiger partial charge in [0.2, 0.25) is 0 Å². The van der Waals surface area contributed by atoms with Gasteiger partial charge in [0.05, 0.1) is 0 Å². The topological polar surface area (TPSA) is 12.0 Å². The van der Waals surface area contributed by atoms with Crippen LogP contribution in [0.3, 0.4) is 0 Å². The Labute approximate surface area is 103 Å². The van der Waals surface area contributed by atoms with E-state index in [0.29, 0.717) is 6.04 Å². The van der Waals surface area contributed by atoms with E-state index in [0.717, 1.165) is 11.8 Å². The van der Waals surface area contributed by atoms with Gasteiger partial charge in [0.1, 0.15) is 0 Å². The molecule has 1 atom stereocenters. The Morgan fingerprint density at radius 3 is 2.62 bits per heavy atom. The second kappa shape index (κ2) is 5.83. The molecule has 1 heterocycles. The van der Waals surface area contributed by atoms with Crippen LogP contribution >= 0.6 is 11.3 Å². The Morgan fingerprint density at radius 2 is 2.12 bits per heavy atom. The number of thiophene rings is 1. The van der Waals surface area contributed by atoms with E-state index in [-0.39, 0.29) is 0 Å². The van der Waals surface area contributed by atoms with Crippen LogP contribution in [-0.2, 0) is 0 Å². The molecule has 2 heteroatoms. The van der Waals surface area contributed by atoms with E-state index in [2.05, 4.69) is 36.8 Å². The molecule has 1 aromatic rings. The summed E-state index contributed by atoms with van der Waals surface area (Å²) in [4.78, 5) is 1.52. The van der Waals surface area contributed by atoms with Crippen molar-refractivity contribution in [3.8, 4) is 0 Å². The van der Waals surface area contributed by atoms with Crippen molar-refractivity contribution >= 4 is 11.3 Å². The van der Waals surface area contributed by atoms with Gasteiger partial charge in [-0.05, 0) is 43.2 Å². The van der Waals surface area contributed by atoms with Crippen molar-refractivity contribution in [1.82, 2.24) is 5.32 Å². The zero-order valence-electron chi connectivity index (χ0n) is 10.4. The normalized spacial score (nSPS) is 27.9. The molecule has 0 spiro atoms. The van der Waals surface area contributed by atoms with Gasteiger partial charge < -0.3 is 5.32 Å². The van der Waals surface area contributed by atoms with Crippen molar-refractivity contribution in [3.05, 3.63) is 22.4 Å². The molecule has 1 nitrogen and oxygen atoms in total. The van der Waals surface area contributed by atoms with Gasteiger partial charge >= 0.3 is 0 Å². The molecule has 0 radical (unpaired) electrons. The zero-order chi connectivity index (χ0) is 11.4. The van der Waals surface area contributed by atoms with E-state index < -0.39 is 0 Å². The van der Waals surface area contributed by atoms with Gasteiger partial charge in [-0.3, -0.25) is 0 Å². The standard InChI is InChI=1S/C14H23NS/c1-3-11-6-8-12(9-7-11)14(15-2)13-5-4-10-16-13/h4-5,10-12,14-15H,3,6-9H2,1-2H3. The predicted molar refractivity (Wildman–Crippen MR) is 71.9 cm³/mol. The number of rotatable bonds is 4. The highest BCUT2D eigenvalue weighted by Crippen LogP contribution is 2.38. The molecule has 1 aliphatic rings. The molecule has 0 amide bonds. The van der Waals surface area contributed by atoms with Crippen LogP contribution in [0.5, 0.6) is 0 Å². The molecule has 0 aliphatic heterocycles. The lowest BCUT2D eigenvalue weighted by molar-refractivity contribution is 0.226. The molecule has 0 aromatic carbocycles. The third kappa shape index (κ3) is 2.67. The van der Waals surface area contributed by atoms with Crippen LogP contribution in [0.4, 0.5) is 0 Å². The summed E-state index contributed by atoms with van der Waals surface area (Å²) in [5.74, 6) is 1.85. The van der Waals surface area contributed by atoms with Gasteiger partial charge in [0.25, 0.3) is 0 Å². The van der Waals surface area contributed by atoms with E-state index in [1.807, 2.05) is 11.3 Å². The van der Waals surface area contributed by atoms with Crippen LogP contribution in [0.15, 0.2) is 17.5 Å². The molecule has 1 aliphatic carbocycles. The Morgan fingerprint density at radius 1 is 1.38 bits per heavy atom. The minimum Gasteiger partial charge on any atom is -0.312 e. The van der Waals surface area contributed by atoms with Gasteiger partial charge in [-0.2, -0.15) is 0 Å². The van der Waals surface area contributed by atoms with Crippen LogP contribution < -0.4 is 5.32 Å². The summed E-state index contributed by atoms with van der Waals surface area (Å²) in [7, 11) is 2.11. The molecule has 1 N–H and O–H groups in total. The van der Waals surface area contributed by atoms with Crippen LogP contribution in [0.25, 0.3) is 0 Å². The minimum absolute atomic E-state index is 0.595. The zero-order valence-corrected chi connectivity index (χ0v) is 11.2. The molecule has 0 saturated heterocycles. The fourth-order valence-corrected chi connectivity index (χ4v) is 3.94. The third-order valence-corrected chi connectivity index (χ3v) is 5.06. The van der Waals surface area contributed by atoms with Crippen LogP contribution in [0, 0.1) is 11.8 Å². The van der Waals surface area contributed by atoms with Crippen molar-refractivity contribution in [2.45, 2.75) is 45.1 Å². The van der Waals surface area contributed by atoms with Gasteiger partial charge in [-0.15, -0.1) is 11.3 Å². The lowest BCUT2D eigenvalue weighted by atomic mass is 9.77. The predicted octanol–water partition coefficient (Wildman–Crippen LogP) is 4.23. The molecule has 2 rings (SSSR count). The summed E-state index contributed by atoms with van der Waals surface area (Å²) < 4.78 is 0. The molecular weight excluding hydrogens is 214 g/mol. The summed E-state index contributed by atoms with van der Waals surface area (Å²) in [5, 5.41) is 5.71. The van der Waals surface area contributed by atoms with E-state index in [9.17, 15) is 0 Å². The SMILES string of the molecule is CCC1CCC(C(NC)c2cccs2)CC1. The Balaban J connectivity index is 1.96.